The Morgan fingerprint density at radius 3 is 2.35 bits per heavy atom. The maximum absolute atomic E-state index is 12.2. The molecular weight excluding hydrogens is 414 g/mol. The standard InChI is InChI=1S/C22H25N5O3S/c1-27-19(14-24-20(28)12-16-8-10-18(30-2)11-9-16)25-26-22(27)31-15-21(29)23-13-17-6-4-3-5-7-17/h3-11H,12-15H2,1-2H3,(H,23,29)(H,24,28). The molecule has 0 aliphatic carbocycles. The fourth-order valence-electron chi connectivity index (χ4n) is 2.77. The van der Waals surface area contributed by atoms with Gasteiger partial charge in [0.2, 0.25) is 11.8 Å². The van der Waals surface area contributed by atoms with E-state index in [2.05, 4.69) is 20.8 Å². The molecule has 0 atom stereocenters. The molecule has 3 rings (SSSR count). The Bertz CT molecular complexity index is 1010. The molecule has 0 aliphatic heterocycles. The van der Waals surface area contributed by atoms with E-state index in [1.54, 1.807) is 11.7 Å². The third-order valence-corrected chi connectivity index (χ3v) is 5.58. The van der Waals surface area contributed by atoms with E-state index in [0.29, 0.717) is 17.5 Å². The lowest BCUT2D eigenvalue weighted by molar-refractivity contribution is -0.120. The van der Waals surface area contributed by atoms with Crippen molar-refractivity contribution in [1.29, 1.82) is 0 Å². The molecule has 0 saturated heterocycles. The van der Waals surface area contributed by atoms with Crippen LogP contribution in [-0.2, 0) is 36.1 Å². The van der Waals surface area contributed by atoms with Crippen LogP contribution in [0.4, 0.5) is 0 Å². The highest BCUT2D eigenvalue weighted by Crippen LogP contribution is 2.15. The molecule has 0 saturated carbocycles. The number of hydrogen-bond donors (Lipinski definition) is 2. The molecule has 8 nitrogen and oxygen atoms in total. The summed E-state index contributed by atoms with van der Waals surface area (Å²) in [5.41, 5.74) is 1.95. The number of aromatic nitrogens is 3. The molecule has 0 bridgehead atoms. The second-order valence-corrected chi connectivity index (χ2v) is 7.75. The van der Waals surface area contributed by atoms with Crippen molar-refractivity contribution < 1.29 is 14.3 Å². The summed E-state index contributed by atoms with van der Waals surface area (Å²) in [4.78, 5) is 24.3. The topological polar surface area (TPSA) is 98.1 Å². The number of benzene rings is 2. The number of hydrogen-bond acceptors (Lipinski definition) is 6. The van der Waals surface area contributed by atoms with E-state index in [1.165, 1.54) is 11.8 Å². The van der Waals surface area contributed by atoms with Crippen molar-refractivity contribution in [2.24, 2.45) is 7.05 Å². The summed E-state index contributed by atoms with van der Waals surface area (Å²) in [5, 5.41) is 14.6. The van der Waals surface area contributed by atoms with Gasteiger partial charge in [0, 0.05) is 13.6 Å². The van der Waals surface area contributed by atoms with Crippen LogP contribution in [-0.4, -0.2) is 39.4 Å². The third kappa shape index (κ3) is 6.85. The normalized spacial score (nSPS) is 10.5. The SMILES string of the molecule is COc1ccc(CC(=O)NCc2nnc(SCC(=O)NCc3ccccc3)n2C)cc1. The van der Waals surface area contributed by atoms with Crippen LogP contribution in [0.15, 0.2) is 59.8 Å². The number of thioether (sulfide) groups is 1. The first-order chi connectivity index (χ1) is 15.0. The Morgan fingerprint density at radius 1 is 0.935 bits per heavy atom. The average molecular weight is 440 g/mol. The summed E-state index contributed by atoms with van der Waals surface area (Å²) >= 11 is 1.30. The van der Waals surface area contributed by atoms with Gasteiger partial charge in [-0.3, -0.25) is 9.59 Å². The van der Waals surface area contributed by atoms with E-state index in [0.717, 1.165) is 16.9 Å². The van der Waals surface area contributed by atoms with Gasteiger partial charge in [-0.2, -0.15) is 0 Å². The van der Waals surface area contributed by atoms with Gasteiger partial charge in [0.15, 0.2) is 11.0 Å². The van der Waals surface area contributed by atoms with Gasteiger partial charge in [0.25, 0.3) is 0 Å². The number of carbonyl (C=O) groups is 2. The smallest absolute Gasteiger partial charge is 0.230 e. The van der Waals surface area contributed by atoms with E-state index in [4.69, 9.17) is 4.74 Å². The number of nitrogens with zero attached hydrogens (tertiary/aromatic N) is 3. The first kappa shape index (κ1) is 22.4. The highest BCUT2D eigenvalue weighted by Gasteiger charge is 2.12. The van der Waals surface area contributed by atoms with Crippen molar-refractivity contribution in [1.82, 2.24) is 25.4 Å². The number of nitrogens with one attached hydrogen (secondary N) is 2. The van der Waals surface area contributed by atoms with Crippen molar-refractivity contribution in [2.45, 2.75) is 24.7 Å². The van der Waals surface area contributed by atoms with Gasteiger partial charge in [0.05, 0.1) is 25.8 Å². The monoisotopic (exact) mass is 439 g/mol. The largest absolute Gasteiger partial charge is 0.497 e. The summed E-state index contributed by atoms with van der Waals surface area (Å²) < 4.78 is 6.90. The summed E-state index contributed by atoms with van der Waals surface area (Å²) in [6.45, 7) is 0.754. The van der Waals surface area contributed by atoms with Gasteiger partial charge in [0.1, 0.15) is 5.75 Å². The molecule has 3 aromatic rings. The van der Waals surface area contributed by atoms with Crippen LogP contribution < -0.4 is 15.4 Å². The molecule has 31 heavy (non-hydrogen) atoms. The van der Waals surface area contributed by atoms with Crippen LogP contribution in [0, 0.1) is 0 Å². The zero-order valence-corrected chi connectivity index (χ0v) is 18.3. The maximum Gasteiger partial charge on any atom is 0.230 e. The van der Waals surface area contributed by atoms with Crippen LogP contribution in [0.3, 0.4) is 0 Å². The van der Waals surface area contributed by atoms with Crippen LogP contribution in [0.1, 0.15) is 17.0 Å². The van der Waals surface area contributed by atoms with Crippen LogP contribution in [0.25, 0.3) is 0 Å². The molecule has 2 N–H and O–H groups in total. The zero-order valence-electron chi connectivity index (χ0n) is 17.5. The summed E-state index contributed by atoms with van der Waals surface area (Å²) in [6.07, 6.45) is 0.269. The summed E-state index contributed by atoms with van der Waals surface area (Å²) in [5.74, 6) is 1.42. The lowest BCUT2D eigenvalue weighted by Gasteiger charge is -2.07. The Morgan fingerprint density at radius 2 is 1.65 bits per heavy atom. The van der Waals surface area contributed by atoms with E-state index >= 15 is 0 Å². The van der Waals surface area contributed by atoms with Crippen molar-refractivity contribution in [3.8, 4) is 5.75 Å². The van der Waals surface area contributed by atoms with E-state index in [-0.39, 0.29) is 30.5 Å². The molecular formula is C22H25N5O3S. The fraction of sp³-hybridized carbons (Fsp3) is 0.273. The van der Waals surface area contributed by atoms with Crippen LogP contribution in [0.2, 0.25) is 0 Å². The molecule has 1 aromatic heterocycles. The van der Waals surface area contributed by atoms with Gasteiger partial charge < -0.3 is 19.9 Å². The van der Waals surface area contributed by atoms with Crippen molar-refractivity contribution in [3.63, 3.8) is 0 Å². The summed E-state index contributed by atoms with van der Waals surface area (Å²) in [6, 6.07) is 17.1. The molecule has 0 aliphatic rings. The van der Waals surface area contributed by atoms with Crippen molar-refractivity contribution in [3.05, 3.63) is 71.5 Å². The summed E-state index contributed by atoms with van der Waals surface area (Å²) in [7, 11) is 3.42. The zero-order chi connectivity index (χ0) is 22.1. The molecule has 0 unspecified atom stereocenters. The van der Waals surface area contributed by atoms with Gasteiger partial charge >= 0.3 is 0 Å². The minimum Gasteiger partial charge on any atom is -0.497 e. The number of ether oxygens (including phenoxy) is 1. The Labute approximate surface area is 185 Å². The van der Waals surface area contributed by atoms with E-state index in [9.17, 15) is 9.59 Å². The first-order valence-corrected chi connectivity index (χ1v) is 10.7. The molecule has 0 radical (unpaired) electrons. The van der Waals surface area contributed by atoms with Gasteiger partial charge in [-0.25, -0.2) is 0 Å². The van der Waals surface area contributed by atoms with Crippen molar-refractivity contribution >= 4 is 23.6 Å². The number of amides is 2. The van der Waals surface area contributed by atoms with Gasteiger partial charge in [-0.15, -0.1) is 10.2 Å². The Balaban J connectivity index is 1.42. The van der Waals surface area contributed by atoms with Crippen LogP contribution in [0.5, 0.6) is 5.75 Å². The molecule has 1 heterocycles. The van der Waals surface area contributed by atoms with Crippen LogP contribution >= 0.6 is 11.8 Å². The molecule has 0 fully saturated rings. The first-order valence-electron chi connectivity index (χ1n) is 9.76. The second kappa shape index (κ2) is 11.2. The molecule has 2 aromatic carbocycles. The molecule has 0 spiro atoms. The number of methoxy groups -OCH3 is 1. The lowest BCUT2D eigenvalue weighted by Crippen LogP contribution is -2.26. The minimum atomic E-state index is -0.109. The maximum atomic E-state index is 12.2. The minimum absolute atomic E-state index is 0.0776. The molecule has 162 valence electrons. The molecule has 2 amide bonds. The number of rotatable bonds is 10. The Hall–Kier alpha value is -3.33. The highest BCUT2D eigenvalue weighted by atomic mass is 32.2. The predicted molar refractivity (Wildman–Crippen MR) is 119 cm³/mol. The fourth-order valence-corrected chi connectivity index (χ4v) is 3.53. The average Bonchev–Trinajstić information content (AvgIpc) is 3.15. The Kier molecular flexibility index (Phi) is 8.05. The van der Waals surface area contributed by atoms with Gasteiger partial charge in [-0.1, -0.05) is 54.2 Å². The third-order valence-electron chi connectivity index (χ3n) is 4.56. The van der Waals surface area contributed by atoms with E-state index < -0.39 is 0 Å². The van der Waals surface area contributed by atoms with Crippen molar-refractivity contribution in [2.75, 3.05) is 12.9 Å². The number of carbonyl (C=O) groups excluding carboxylic acids is 2. The second-order valence-electron chi connectivity index (χ2n) is 6.81. The van der Waals surface area contributed by atoms with Gasteiger partial charge in [-0.05, 0) is 23.3 Å². The molecule has 9 heteroatoms. The predicted octanol–water partition coefficient (Wildman–Crippen LogP) is 2.09. The van der Waals surface area contributed by atoms with E-state index in [1.807, 2.05) is 61.6 Å². The quantitative estimate of drug-likeness (QED) is 0.470. The lowest BCUT2D eigenvalue weighted by atomic mass is 10.1. The highest BCUT2D eigenvalue weighted by molar-refractivity contribution is 7.99.